The van der Waals surface area contributed by atoms with Crippen molar-refractivity contribution in [1.82, 2.24) is 0 Å². The minimum absolute atomic E-state index is 0.806. The van der Waals surface area contributed by atoms with E-state index in [-0.39, 0.29) is 0 Å². The van der Waals surface area contributed by atoms with Crippen molar-refractivity contribution in [3.63, 3.8) is 0 Å². The third-order valence-electron chi connectivity index (χ3n) is 3.30. The topological polar surface area (TPSA) is 0 Å². The molecular weight excluding hydrogens is 224 g/mol. The highest BCUT2D eigenvalue weighted by atomic mass is 32.2. The van der Waals surface area contributed by atoms with Crippen LogP contribution in [0.3, 0.4) is 0 Å². The number of hydrogen-bond acceptors (Lipinski definition) is 0. The maximum atomic E-state index is 4.37. The van der Waals surface area contributed by atoms with Crippen LogP contribution in [0.4, 0.5) is 0 Å². The zero-order valence-electron chi connectivity index (χ0n) is 11.5. The van der Waals surface area contributed by atoms with Crippen molar-refractivity contribution < 1.29 is 0 Å². The molecule has 1 aromatic rings. The average Bonchev–Trinajstić information content (AvgIpc) is 2.28. The van der Waals surface area contributed by atoms with Gasteiger partial charge in [-0.3, -0.25) is 0 Å². The predicted octanol–water partition coefficient (Wildman–Crippen LogP) is 4.85. The molecule has 0 fully saturated rings. The quantitative estimate of drug-likeness (QED) is 0.633. The van der Waals surface area contributed by atoms with Crippen molar-refractivity contribution in [3.05, 3.63) is 29.8 Å². The minimum Gasteiger partial charge on any atom is -0.187 e. The maximum absolute atomic E-state index is 4.37. The molecule has 0 heterocycles. The Hall–Kier alpha value is -0.690. The highest BCUT2D eigenvalue weighted by molar-refractivity contribution is 8.27. The van der Waals surface area contributed by atoms with Crippen LogP contribution in [-0.4, -0.2) is 17.5 Å². The van der Waals surface area contributed by atoms with Crippen LogP contribution in [0.25, 0.3) is 0 Å². The Balaban J connectivity index is 2.66. The molecule has 0 N–H and O–H groups in total. The van der Waals surface area contributed by atoms with Gasteiger partial charge in [0.1, 0.15) is 0 Å². The molecule has 0 aliphatic carbocycles. The van der Waals surface area contributed by atoms with Gasteiger partial charge in [-0.15, -0.1) is 0 Å². The molecule has 0 nitrogen and oxygen atoms in total. The van der Waals surface area contributed by atoms with Gasteiger partial charge in [-0.05, 0) is 42.0 Å². The Kier molecular flexibility index (Phi) is 5.32. The first-order valence-corrected chi connectivity index (χ1v) is 8.63. The first-order chi connectivity index (χ1) is 7.95. The van der Waals surface area contributed by atoms with Gasteiger partial charge in [-0.1, -0.05) is 56.1 Å². The van der Waals surface area contributed by atoms with Crippen LogP contribution in [0.1, 0.15) is 38.7 Å². The molecule has 0 aliphatic heterocycles. The molecule has 1 rings (SSSR count). The molecule has 0 amide bonds. The van der Waals surface area contributed by atoms with Crippen LogP contribution in [-0.2, 0) is 0 Å². The number of aryl methyl sites for hydroxylation is 1. The lowest BCUT2D eigenvalue weighted by Crippen LogP contribution is -1.99. The smallest absolute Gasteiger partial charge is 0.00390 e. The van der Waals surface area contributed by atoms with Crippen LogP contribution < -0.4 is 0 Å². The second kappa shape index (κ2) is 6.30. The van der Waals surface area contributed by atoms with Crippen LogP contribution in [0.5, 0.6) is 0 Å². The molecule has 0 radical (unpaired) electrons. The van der Waals surface area contributed by atoms with E-state index in [2.05, 4.69) is 56.8 Å². The lowest BCUT2D eigenvalue weighted by atomic mass is 10.0. The van der Waals surface area contributed by atoms with Crippen LogP contribution in [0.15, 0.2) is 29.2 Å². The SMILES string of the molecule is C=S(=C)(CCC(C)CCC)c1ccc(C)cc1. The summed E-state index contributed by atoms with van der Waals surface area (Å²) in [6.45, 7) is 6.72. The van der Waals surface area contributed by atoms with E-state index in [1.807, 2.05) is 0 Å². The fourth-order valence-corrected chi connectivity index (χ4v) is 3.81. The molecule has 0 aromatic heterocycles. The Morgan fingerprint density at radius 2 is 1.71 bits per heavy atom. The van der Waals surface area contributed by atoms with Gasteiger partial charge < -0.3 is 0 Å². The van der Waals surface area contributed by atoms with E-state index in [9.17, 15) is 0 Å². The highest BCUT2D eigenvalue weighted by Gasteiger charge is 2.05. The lowest BCUT2D eigenvalue weighted by Gasteiger charge is -2.18. The van der Waals surface area contributed by atoms with E-state index in [1.54, 1.807) is 0 Å². The molecular formula is C16H26S. The van der Waals surface area contributed by atoms with E-state index in [0.29, 0.717) is 0 Å². The maximum Gasteiger partial charge on any atom is -0.00390 e. The van der Waals surface area contributed by atoms with Crippen molar-refractivity contribution in [2.24, 2.45) is 5.92 Å². The van der Waals surface area contributed by atoms with Gasteiger partial charge in [0, 0.05) is 0 Å². The van der Waals surface area contributed by atoms with E-state index >= 15 is 0 Å². The molecule has 1 unspecified atom stereocenters. The average molecular weight is 250 g/mol. The summed E-state index contributed by atoms with van der Waals surface area (Å²) in [7, 11) is -1.09. The second-order valence-electron chi connectivity index (χ2n) is 5.25. The molecule has 1 atom stereocenters. The number of hydrogen-bond donors (Lipinski definition) is 0. The minimum atomic E-state index is -1.09. The largest absolute Gasteiger partial charge is 0.187 e. The number of benzene rings is 1. The zero-order chi connectivity index (χ0) is 12.9. The molecule has 0 spiro atoms. The van der Waals surface area contributed by atoms with Crippen molar-refractivity contribution in [2.75, 3.05) is 5.75 Å². The van der Waals surface area contributed by atoms with E-state index in [1.165, 1.54) is 29.7 Å². The van der Waals surface area contributed by atoms with Gasteiger partial charge in [0.15, 0.2) is 0 Å². The Morgan fingerprint density at radius 3 is 2.24 bits per heavy atom. The first kappa shape index (κ1) is 14.4. The van der Waals surface area contributed by atoms with Gasteiger partial charge in [0.05, 0.1) is 0 Å². The molecule has 0 bridgehead atoms. The first-order valence-electron chi connectivity index (χ1n) is 6.49. The Morgan fingerprint density at radius 1 is 1.12 bits per heavy atom. The van der Waals surface area contributed by atoms with E-state index in [0.717, 1.165) is 11.7 Å². The molecule has 0 saturated heterocycles. The zero-order valence-corrected chi connectivity index (χ0v) is 12.4. The summed E-state index contributed by atoms with van der Waals surface area (Å²) in [6, 6.07) is 8.75. The summed E-state index contributed by atoms with van der Waals surface area (Å²) in [5.41, 5.74) is 1.31. The lowest BCUT2D eigenvalue weighted by molar-refractivity contribution is 0.513. The number of rotatable bonds is 6. The summed E-state index contributed by atoms with van der Waals surface area (Å²) < 4.78 is 0. The summed E-state index contributed by atoms with van der Waals surface area (Å²) in [6.07, 6.45) is 3.86. The summed E-state index contributed by atoms with van der Waals surface area (Å²) >= 11 is 0. The summed E-state index contributed by atoms with van der Waals surface area (Å²) in [5, 5.41) is 0. The molecule has 96 valence electrons. The van der Waals surface area contributed by atoms with Gasteiger partial charge in [-0.25, -0.2) is 0 Å². The van der Waals surface area contributed by atoms with Crippen molar-refractivity contribution in [2.45, 2.75) is 44.9 Å². The van der Waals surface area contributed by atoms with Gasteiger partial charge >= 0.3 is 0 Å². The van der Waals surface area contributed by atoms with Crippen LogP contribution in [0, 0.1) is 12.8 Å². The summed E-state index contributed by atoms with van der Waals surface area (Å²) in [4.78, 5) is 1.34. The third-order valence-corrected chi connectivity index (χ3v) is 5.59. The monoisotopic (exact) mass is 250 g/mol. The predicted molar refractivity (Wildman–Crippen MR) is 84.8 cm³/mol. The molecule has 17 heavy (non-hydrogen) atoms. The fraction of sp³-hybridized carbons (Fsp3) is 0.500. The molecule has 0 aliphatic rings. The van der Waals surface area contributed by atoms with Gasteiger partial charge in [0.25, 0.3) is 0 Å². The third kappa shape index (κ3) is 4.59. The standard InChI is InChI=1S/C16H26S/c1-6-7-14(2)12-13-17(4,5)16-10-8-15(3)9-11-16/h8-11,14H,4-7,12-13H2,1-3H3. The van der Waals surface area contributed by atoms with Gasteiger partial charge in [-0.2, -0.15) is 9.21 Å². The Labute approximate surface area is 108 Å². The highest BCUT2D eigenvalue weighted by Crippen LogP contribution is 2.33. The molecule has 1 heteroatoms. The van der Waals surface area contributed by atoms with Crippen molar-refractivity contribution >= 4 is 20.9 Å². The normalized spacial score (nSPS) is 13.6. The van der Waals surface area contributed by atoms with Crippen LogP contribution >= 0.6 is 9.21 Å². The molecule has 0 saturated carbocycles. The van der Waals surface area contributed by atoms with E-state index in [4.69, 9.17) is 0 Å². The van der Waals surface area contributed by atoms with Crippen molar-refractivity contribution in [3.8, 4) is 0 Å². The van der Waals surface area contributed by atoms with E-state index < -0.39 is 9.21 Å². The fourth-order valence-electron chi connectivity index (χ4n) is 2.01. The molecule has 1 aromatic carbocycles. The Bertz CT molecular complexity index is 423. The summed E-state index contributed by atoms with van der Waals surface area (Å²) in [5.74, 6) is 10.7. The van der Waals surface area contributed by atoms with Crippen molar-refractivity contribution in [1.29, 1.82) is 0 Å². The second-order valence-corrected chi connectivity index (χ2v) is 8.22. The van der Waals surface area contributed by atoms with Gasteiger partial charge in [0.2, 0.25) is 0 Å². The van der Waals surface area contributed by atoms with Crippen LogP contribution in [0.2, 0.25) is 0 Å².